The van der Waals surface area contributed by atoms with Crippen molar-refractivity contribution in [1.82, 2.24) is 0 Å². The van der Waals surface area contributed by atoms with Crippen molar-refractivity contribution in [1.29, 1.82) is 0 Å². The number of anilines is 1. The largest absolute Gasteiger partial charge is 0.841 e. The molecule has 0 bridgehead atoms. The quantitative estimate of drug-likeness (QED) is 0.266. The number of nitro benzene ring substituents is 1. The van der Waals surface area contributed by atoms with Crippen molar-refractivity contribution in [2.75, 3.05) is 11.9 Å². The van der Waals surface area contributed by atoms with Crippen LogP contribution in [-0.4, -0.2) is 12.0 Å². The van der Waals surface area contributed by atoms with Crippen LogP contribution in [0.5, 0.6) is 5.88 Å². The average Bonchev–Trinajstić information content (AvgIpc) is 3.12. The number of benzene rings is 3. The van der Waals surface area contributed by atoms with E-state index in [0.29, 0.717) is 17.1 Å². The van der Waals surface area contributed by atoms with Crippen LogP contribution in [0.4, 0.5) is 10.8 Å². The van der Waals surface area contributed by atoms with Gasteiger partial charge in [-0.3, -0.25) is 15.0 Å². The molecule has 0 atom stereocenters. The molecule has 0 spiro atoms. The Kier molecular flexibility index (Phi) is 5.45. The molecule has 1 heterocycles. The van der Waals surface area contributed by atoms with Gasteiger partial charge in [-0.2, -0.15) is 4.57 Å². The summed E-state index contributed by atoms with van der Waals surface area (Å²) in [6.45, 7) is 0.627. The van der Waals surface area contributed by atoms with E-state index in [1.807, 2.05) is 72.6 Å². The molecular formula is C23H19N3O3S. The first kappa shape index (κ1) is 19.6. The minimum atomic E-state index is -0.446. The van der Waals surface area contributed by atoms with Gasteiger partial charge in [-0.05, 0) is 34.6 Å². The highest BCUT2D eigenvalue weighted by Gasteiger charge is 2.25. The van der Waals surface area contributed by atoms with Crippen molar-refractivity contribution in [2.24, 2.45) is 0 Å². The molecule has 0 aliphatic rings. The highest BCUT2D eigenvalue weighted by Crippen LogP contribution is 2.37. The summed E-state index contributed by atoms with van der Waals surface area (Å²) in [4.78, 5) is 13.2. The zero-order valence-corrected chi connectivity index (χ0v) is 17.1. The summed E-state index contributed by atoms with van der Waals surface area (Å²) in [5.41, 5.74) is 2.56. The summed E-state index contributed by atoms with van der Waals surface area (Å²) < 4.78 is 1.62. The monoisotopic (exact) mass is 417 g/mol. The lowest BCUT2D eigenvalue weighted by molar-refractivity contribution is -0.635. The van der Waals surface area contributed by atoms with Crippen LogP contribution in [0.15, 0.2) is 84.9 Å². The van der Waals surface area contributed by atoms with E-state index in [4.69, 9.17) is 0 Å². The van der Waals surface area contributed by atoms with Gasteiger partial charge in [0.05, 0.1) is 22.7 Å². The van der Waals surface area contributed by atoms with Gasteiger partial charge in [0, 0.05) is 12.1 Å². The van der Waals surface area contributed by atoms with Gasteiger partial charge in [-0.25, -0.2) is 0 Å². The van der Waals surface area contributed by atoms with Crippen LogP contribution in [0, 0.1) is 10.1 Å². The zero-order valence-electron chi connectivity index (χ0n) is 16.3. The molecule has 0 N–H and O–H groups in total. The molecule has 30 heavy (non-hydrogen) atoms. The molecule has 0 unspecified atom stereocenters. The maximum atomic E-state index is 13.4. The number of rotatable bonds is 6. The van der Waals surface area contributed by atoms with E-state index in [-0.39, 0.29) is 11.6 Å². The van der Waals surface area contributed by atoms with Gasteiger partial charge in [0.25, 0.3) is 5.69 Å². The molecule has 0 aliphatic carbocycles. The predicted octanol–water partition coefficient (Wildman–Crippen LogP) is 4.31. The summed E-state index contributed by atoms with van der Waals surface area (Å²) in [6, 6.07) is 25.6. The van der Waals surface area contributed by atoms with Crippen LogP contribution in [0.1, 0.15) is 5.56 Å². The summed E-state index contributed by atoms with van der Waals surface area (Å²) in [5, 5.41) is 25.2. The summed E-state index contributed by atoms with van der Waals surface area (Å²) in [7, 11) is 1.94. The maximum Gasteiger partial charge on any atom is 0.341 e. The second-order valence-corrected chi connectivity index (χ2v) is 7.81. The number of non-ortho nitro benzene ring substituents is 1. The van der Waals surface area contributed by atoms with Crippen LogP contribution < -0.4 is 14.6 Å². The maximum absolute atomic E-state index is 13.4. The molecule has 0 aliphatic heterocycles. The Hall–Kier alpha value is -3.71. The molecule has 0 radical (unpaired) electrons. The van der Waals surface area contributed by atoms with Gasteiger partial charge >= 0.3 is 5.13 Å². The van der Waals surface area contributed by atoms with Crippen LogP contribution >= 0.6 is 11.3 Å². The highest BCUT2D eigenvalue weighted by molar-refractivity contribution is 7.18. The zero-order chi connectivity index (χ0) is 21.1. The lowest BCUT2D eigenvalue weighted by Gasteiger charge is -2.14. The first-order valence-electron chi connectivity index (χ1n) is 9.36. The molecule has 0 amide bonds. The fourth-order valence-corrected chi connectivity index (χ4v) is 4.38. The molecule has 7 heteroatoms. The molecule has 0 saturated carbocycles. The van der Waals surface area contributed by atoms with Crippen molar-refractivity contribution in [3.05, 3.63) is 101 Å². The standard InChI is InChI=1S/C23H19N3O3S/c1-24(16-17-8-4-2-5-9-17)23-25(19-12-14-20(15-13-19)26(28)29)22(27)21(30-23)18-10-6-3-7-11-18/h2-15H,16H2,1H3. The highest BCUT2D eigenvalue weighted by atomic mass is 32.1. The topological polar surface area (TPSA) is 73.3 Å². The van der Waals surface area contributed by atoms with E-state index in [0.717, 1.165) is 16.3 Å². The average molecular weight is 417 g/mol. The molecule has 4 aromatic rings. The molecule has 0 fully saturated rings. The van der Waals surface area contributed by atoms with Crippen LogP contribution in [0.25, 0.3) is 16.1 Å². The smallest absolute Gasteiger partial charge is 0.341 e. The van der Waals surface area contributed by atoms with Gasteiger partial charge in [0.2, 0.25) is 0 Å². The fraction of sp³-hybridized carbons (Fsp3) is 0.0870. The summed E-state index contributed by atoms with van der Waals surface area (Å²) >= 11 is 1.41. The van der Waals surface area contributed by atoms with E-state index in [2.05, 4.69) is 0 Å². The Labute approximate surface area is 178 Å². The Morgan fingerprint density at radius 2 is 1.53 bits per heavy atom. The Bertz CT molecular complexity index is 1160. The fourth-order valence-electron chi connectivity index (χ4n) is 3.27. The van der Waals surface area contributed by atoms with Crippen molar-refractivity contribution < 1.29 is 14.6 Å². The molecule has 150 valence electrons. The van der Waals surface area contributed by atoms with Crippen LogP contribution in [0.3, 0.4) is 0 Å². The lowest BCUT2D eigenvalue weighted by Crippen LogP contribution is -2.38. The SMILES string of the molecule is CN(Cc1ccccc1)c1sc(-c2ccccc2)c([O-])[n+]1-c1ccc([N+](=O)[O-])cc1. The third-order valence-corrected chi connectivity index (χ3v) is 6.02. The molecule has 6 nitrogen and oxygen atoms in total. The number of aromatic nitrogens is 1. The normalized spacial score (nSPS) is 10.7. The Morgan fingerprint density at radius 1 is 0.933 bits per heavy atom. The molecule has 3 aromatic carbocycles. The van der Waals surface area contributed by atoms with Gasteiger partial charge in [0.1, 0.15) is 12.2 Å². The summed E-state index contributed by atoms with van der Waals surface area (Å²) in [5.74, 6) is -0.144. The van der Waals surface area contributed by atoms with Gasteiger partial charge in [-0.15, -0.1) is 0 Å². The van der Waals surface area contributed by atoms with E-state index in [1.165, 1.54) is 23.5 Å². The minimum absolute atomic E-state index is 0.00972. The second kappa shape index (κ2) is 8.34. The first-order chi connectivity index (χ1) is 14.5. The first-order valence-corrected chi connectivity index (χ1v) is 10.2. The van der Waals surface area contributed by atoms with Crippen molar-refractivity contribution in [2.45, 2.75) is 6.54 Å². The minimum Gasteiger partial charge on any atom is -0.841 e. The van der Waals surface area contributed by atoms with Gasteiger partial charge in [-0.1, -0.05) is 60.7 Å². The molecule has 4 rings (SSSR count). The van der Waals surface area contributed by atoms with Crippen LogP contribution in [-0.2, 0) is 6.54 Å². The van der Waals surface area contributed by atoms with E-state index < -0.39 is 4.92 Å². The summed E-state index contributed by atoms with van der Waals surface area (Å²) in [6.07, 6.45) is 0. The van der Waals surface area contributed by atoms with E-state index >= 15 is 0 Å². The number of hydrogen-bond acceptors (Lipinski definition) is 5. The number of nitrogens with zero attached hydrogens (tertiary/aromatic N) is 3. The van der Waals surface area contributed by atoms with E-state index in [1.54, 1.807) is 16.7 Å². The van der Waals surface area contributed by atoms with Crippen molar-refractivity contribution >= 4 is 22.2 Å². The van der Waals surface area contributed by atoms with Crippen molar-refractivity contribution in [3.63, 3.8) is 0 Å². The third-order valence-electron chi connectivity index (χ3n) is 4.73. The van der Waals surface area contributed by atoms with Gasteiger partial charge in [0.15, 0.2) is 0 Å². The van der Waals surface area contributed by atoms with Gasteiger partial charge < -0.3 is 5.11 Å². The second-order valence-electron chi connectivity index (χ2n) is 6.84. The number of hydrogen-bond donors (Lipinski definition) is 0. The number of nitro groups is 1. The van der Waals surface area contributed by atoms with Crippen molar-refractivity contribution in [3.8, 4) is 22.0 Å². The lowest BCUT2D eigenvalue weighted by atomic mass is 10.2. The predicted molar refractivity (Wildman–Crippen MR) is 116 cm³/mol. The van der Waals surface area contributed by atoms with E-state index in [9.17, 15) is 15.2 Å². The number of thiazole rings is 1. The Morgan fingerprint density at radius 3 is 2.13 bits per heavy atom. The Balaban J connectivity index is 1.82. The van der Waals surface area contributed by atoms with Crippen LogP contribution in [0.2, 0.25) is 0 Å². The third kappa shape index (κ3) is 3.88. The molecular weight excluding hydrogens is 398 g/mol. The molecule has 0 saturated heterocycles. The molecule has 1 aromatic heterocycles.